The molecule has 3 aromatic rings. The number of thiazole rings is 1. The van der Waals surface area contributed by atoms with E-state index in [2.05, 4.69) is 10.3 Å². The van der Waals surface area contributed by atoms with Gasteiger partial charge in [0.2, 0.25) is 10.0 Å². The number of benzene rings is 2. The highest BCUT2D eigenvalue weighted by molar-refractivity contribution is 7.90. The number of sulfone groups is 1. The summed E-state index contributed by atoms with van der Waals surface area (Å²) in [6, 6.07) is 7.61. The summed E-state index contributed by atoms with van der Waals surface area (Å²) in [5, 5.41) is 2.77. The molecule has 1 aliphatic rings. The Morgan fingerprint density at radius 2 is 1.81 bits per heavy atom. The lowest BCUT2D eigenvalue weighted by molar-refractivity contribution is 0.102. The first kappa shape index (κ1) is 21.8. The number of halogens is 1. The van der Waals surface area contributed by atoms with Crippen LogP contribution in [0.4, 0.5) is 9.52 Å². The van der Waals surface area contributed by atoms with E-state index in [0.29, 0.717) is 36.1 Å². The van der Waals surface area contributed by atoms with Crippen molar-refractivity contribution in [2.45, 2.75) is 22.6 Å². The average molecular weight is 484 g/mol. The van der Waals surface area contributed by atoms with Crippen molar-refractivity contribution in [1.82, 2.24) is 9.29 Å². The molecule has 31 heavy (non-hydrogen) atoms. The third-order valence-corrected chi connectivity index (χ3v) is 8.84. The van der Waals surface area contributed by atoms with E-state index in [9.17, 15) is 26.0 Å². The lowest BCUT2D eigenvalue weighted by Gasteiger charge is -2.16. The number of aromatic nitrogens is 1. The fourth-order valence-corrected chi connectivity index (χ4v) is 6.50. The Balaban J connectivity index is 1.62. The summed E-state index contributed by atoms with van der Waals surface area (Å²) >= 11 is 1.08. The van der Waals surface area contributed by atoms with Gasteiger partial charge in [0.05, 0.1) is 15.1 Å². The van der Waals surface area contributed by atoms with Gasteiger partial charge >= 0.3 is 0 Å². The van der Waals surface area contributed by atoms with Crippen LogP contribution in [0.3, 0.4) is 0 Å². The van der Waals surface area contributed by atoms with E-state index in [-0.39, 0.29) is 15.6 Å². The van der Waals surface area contributed by atoms with Gasteiger partial charge in [-0.3, -0.25) is 10.1 Å². The molecule has 4 rings (SSSR count). The number of nitrogens with one attached hydrogen (secondary N) is 1. The first-order valence-corrected chi connectivity index (χ1v) is 13.4. The fraction of sp³-hybridized carbons (Fsp3) is 0.263. The van der Waals surface area contributed by atoms with Gasteiger partial charge in [-0.05, 0) is 49.2 Å². The minimum absolute atomic E-state index is 0.0322. The number of carbonyl (C=O) groups excluding carboxylic acids is 1. The van der Waals surface area contributed by atoms with Crippen molar-refractivity contribution in [3.8, 4) is 0 Å². The third kappa shape index (κ3) is 4.33. The zero-order chi connectivity index (χ0) is 22.4. The van der Waals surface area contributed by atoms with E-state index < -0.39 is 36.5 Å². The molecule has 0 unspecified atom stereocenters. The molecule has 0 spiro atoms. The Bertz CT molecular complexity index is 1390. The number of hydrogen-bond acceptors (Lipinski definition) is 7. The molecule has 0 bridgehead atoms. The average Bonchev–Trinajstić information content (AvgIpc) is 3.36. The number of sulfonamides is 1. The second-order valence-corrected chi connectivity index (χ2v) is 12.1. The van der Waals surface area contributed by atoms with E-state index in [1.807, 2.05) is 0 Å². The van der Waals surface area contributed by atoms with Crippen LogP contribution in [0.1, 0.15) is 23.2 Å². The summed E-state index contributed by atoms with van der Waals surface area (Å²) in [7, 11) is -7.41. The highest BCUT2D eigenvalue weighted by Gasteiger charge is 2.30. The first-order valence-electron chi connectivity index (χ1n) is 9.27. The first-order chi connectivity index (χ1) is 14.6. The minimum atomic E-state index is -4.03. The van der Waals surface area contributed by atoms with Gasteiger partial charge < -0.3 is 0 Å². The van der Waals surface area contributed by atoms with Crippen LogP contribution in [0.2, 0.25) is 0 Å². The molecule has 1 N–H and O–H groups in total. The van der Waals surface area contributed by atoms with Crippen molar-refractivity contribution in [2.24, 2.45) is 0 Å². The summed E-state index contributed by atoms with van der Waals surface area (Å²) < 4.78 is 64.9. The maximum absolute atomic E-state index is 14.3. The number of rotatable bonds is 5. The normalized spacial score (nSPS) is 15.4. The van der Waals surface area contributed by atoms with Crippen molar-refractivity contribution < 1.29 is 26.0 Å². The summed E-state index contributed by atoms with van der Waals surface area (Å²) in [5.74, 6) is -1.57. The van der Waals surface area contributed by atoms with Crippen LogP contribution in [-0.2, 0) is 19.9 Å². The van der Waals surface area contributed by atoms with Crippen molar-refractivity contribution >= 4 is 52.5 Å². The maximum atomic E-state index is 14.3. The molecule has 1 amide bonds. The Hall–Kier alpha value is -2.41. The molecule has 164 valence electrons. The fourth-order valence-electron chi connectivity index (χ4n) is 3.27. The van der Waals surface area contributed by atoms with Gasteiger partial charge in [-0.25, -0.2) is 26.2 Å². The molecule has 0 atom stereocenters. The molecule has 2 heterocycles. The predicted molar refractivity (Wildman–Crippen MR) is 115 cm³/mol. The molecule has 0 aliphatic carbocycles. The van der Waals surface area contributed by atoms with Crippen LogP contribution in [0, 0.1) is 5.82 Å². The molecule has 0 radical (unpaired) electrons. The molecular weight excluding hydrogens is 465 g/mol. The number of anilines is 1. The van der Waals surface area contributed by atoms with E-state index >= 15 is 0 Å². The van der Waals surface area contributed by atoms with E-state index in [0.717, 1.165) is 29.7 Å². The highest BCUT2D eigenvalue weighted by Crippen LogP contribution is 2.29. The Morgan fingerprint density at radius 3 is 2.48 bits per heavy atom. The highest BCUT2D eigenvalue weighted by atomic mass is 32.2. The maximum Gasteiger partial charge on any atom is 0.257 e. The van der Waals surface area contributed by atoms with Crippen molar-refractivity contribution in [2.75, 3.05) is 24.7 Å². The number of nitrogens with zero attached hydrogens (tertiary/aromatic N) is 2. The number of fused-ring (bicyclic) bond motifs is 1. The Morgan fingerprint density at radius 1 is 1.10 bits per heavy atom. The number of carbonyl (C=O) groups is 1. The van der Waals surface area contributed by atoms with E-state index in [4.69, 9.17) is 0 Å². The second kappa shape index (κ2) is 7.93. The quantitative estimate of drug-likeness (QED) is 0.597. The van der Waals surface area contributed by atoms with Gasteiger partial charge in [-0.1, -0.05) is 11.3 Å². The Labute approximate surface area is 182 Å². The largest absolute Gasteiger partial charge is 0.298 e. The van der Waals surface area contributed by atoms with Crippen molar-refractivity contribution in [3.05, 3.63) is 47.8 Å². The van der Waals surface area contributed by atoms with Crippen LogP contribution < -0.4 is 5.32 Å². The minimum Gasteiger partial charge on any atom is -0.298 e. The van der Waals surface area contributed by atoms with Gasteiger partial charge in [0.15, 0.2) is 15.0 Å². The Kier molecular flexibility index (Phi) is 5.58. The summed E-state index contributed by atoms with van der Waals surface area (Å²) in [5.41, 5.74) is 0.472. The topological polar surface area (TPSA) is 114 Å². The van der Waals surface area contributed by atoms with Crippen molar-refractivity contribution in [1.29, 1.82) is 0 Å². The molecule has 12 heteroatoms. The zero-order valence-corrected chi connectivity index (χ0v) is 18.8. The van der Waals surface area contributed by atoms with Gasteiger partial charge in [0.25, 0.3) is 5.91 Å². The number of hydrogen-bond donors (Lipinski definition) is 1. The lowest BCUT2D eigenvalue weighted by Crippen LogP contribution is -2.29. The standard InChI is InChI=1S/C19H18FN3O5S3/c1-30(25,26)13-5-7-15-16(11-13)29-19(21-15)22-18(24)12-4-6-14(20)17(10-12)31(27,28)23-8-2-3-9-23/h4-7,10-11H,2-3,8-9H2,1H3,(H,21,22,24). The van der Waals surface area contributed by atoms with E-state index in [1.165, 1.54) is 28.6 Å². The molecule has 8 nitrogen and oxygen atoms in total. The van der Waals surface area contributed by atoms with Gasteiger partial charge in [0.1, 0.15) is 10.7 Å². The van der Waals surface area contributed by atoms with Crippen molar-refractivity contribution in [3.63, 3.8) is 0 Å². The molecule has 1 saturated heterocycles. The van der Waals surface area contributed by atoms with Crippen LogP contribution in [-0.4, -0.2) is 51.4 Å². The summed E-state index contributed by atoms with van der Waals surface area (Å²) in [6.07, 6.45) is 2.51. The third-order valence-electron chi connectivity index (χ3n) is 4.88. The summed E-state index contributed by atoms with van der Waals surface area (Å²) in [4.78, 5) is 16.5. The van der Waals surface area contributed by atoms with Crippen LogP contribution >= 0.6 is 11.3 Å². The van der Waals surface area contributed by atoms with Crippen LogP contribution in [0.25, 0.3) is 10.2 Å². The number of amides is 1. The molecule has 1 fully saturated rings. The van der Waals surface area contributed by atoms with Crippen LogP contribution in [0.5, 0.6) is 0 Å². The second-order valence-electron chi connectivity index (χ2n) is 7.13. The smallest absolute Gasteiger partial charge is 0.257 e. The predicted octanol–water partition coefficient (Wildman–Crippen LogP) is 2.88. The molecule has 1 aliphatic heterocycles. The SMILES string of the molecule is CS(=O)(=O)c1ccc2nc(NC(=O)c3ccc(F)c(S(=O)(=O)N4CCCC4)c3)sc2c1. The van der Waals surface area contributed by atoms with Gasteiger partial charge in [0, 0.05) is 24.9 Å². The lowest BCUT2D eigenvalue weighted by atomic mass is 10.2. The monoisotopic (exact) mass is 483 g/mol. The molecular formula is C19H18FN3O5S3. The molecule has 0 saturated carbocycles. The molecule has 1 aromatic heterocycles. The zero-order valence-electron chi connectivity index (χ0n) is 16.3. The molecule has 2 aromatic carbocycles. The summed E-state index contributed by atoms with van der Waals surface area (Å²) in [6.45, 7) is 0.638. The van der Waals surface area contributed by atoms with Gasteiger partial charge in [-0.2, -0.15) is 4.31 Å². The van der Waals surface area contributed by atoms with Gasteiger partial charge in [-0.15, -0.1) is 0 Å². The van der Waals surface area contributed by atoms with E-state index in [1.54, 1.807) is 0 Å². The van der Waals surface area contributed by atoms with Crippen LogP contribution in [0.15, 0.2) is 46.2 Å².